The lowest BCUT2D eigenvalue weighted by molar-refractivity contribution is 0.483. The van der Waals surface area contributed by atoms with Crippen LogP contribution < -0.4 is 4.74 Å². The van der Waals surface area contributed by atoms with Gasteiger partial charge in [0.1, 0.15) is 17.3 Å². The van der Waals surface area contributed by atoms with Gasteiger partial charge in [0.05, 0.1) is 28.4 Å². The van der Waals surface area contributed by atoms with Crippen molar-refractivity contribution in [3.63, 3.8) is 0 Å². The molecule has 4 aromatic carbocycles. The van der Waals surface area contributed by atoms with Crippen LogP contribution in [-0.4, -0.2) is 24.3 Å². The van der Waals surface area contributed by atoms with Gasteiger partial charge in [0.2, 0.25) is 0 Å². The largest absolute Gasteiger partial charge is 0.457 e. The van der Waals surface area contributed by atoms with Crippen molar-refractivity contribution in [3.05, 3.63) is 140 Å². The van der Waals surface area contributed by atoms with E-state index in [1.54, 1.807) is 0 Å². The number of benzene rings is 4. The smallest absolute Gasteiger partial charge is 0.137 e. The molecule has 0 bridgehead atoms. The highest BCUT2D eigenvalue weighted by Gasteiger charge is 2.14. The second-order valence-corrected chi connectivity index (χ2v) is 9.90. The van der Waals surface area contributed by atoms with Gasteiger partial charge in [-0.3, -0.25) is 9.55 Å². The summed E-state index contributed by atoms with van der Waals surface area (Å²) in [6, 6.07) is 38.8. The lowest BCUT2D eigenvalue weighted by atomic mass is 10.1. The van der Waals surface area contributed by atoms with Crippen molar-refractivity contribution >= 4 is 32.7 Å². The van der Waals surface area contributed by atoms with Crippen LogP contribution in [0.1, 0.15) is 0 Å². The third kappa shape index (κ3) is 4.10. The summed E-state index contributed by atoms with van der Waals surface area (Å²) < 4.78 is 10.4. The molecular formula is C35H23N5O. The molecule has 8 aromatic rings. The molecule has 0 amide bonds. The van der Waals surface area contributed by atoms with E-state index < -0.39 is 0 Å². The molecule has 0 aliphatic rings. The Morgan fingerprint density at radius 2 is 1.46 bits per heavy atom. The topological polar surface area (TPSA) is 57.8 Å². The van der Waals surface area contributed by atoms with Crippen molar-refractivity contribution in [1.29, 1.82) is 0 Å². The average Bonchev–Trinajstić information content (AvgIpc) is 3.65. The van der Waals surface area contributed by atoms with Crippen LogP contribution in [0, 0.1) is 0 Å². The highest BCUT2D eigenvalue weighted by molar-refractivity contribution is 6.09. The van der Waals surface area contributed by atoms with Crippen LogP contribution in [0.25, 0.3) is 55.3 Å². The van der Waals surface area contributed by atoms with Crippen LogP contribution in [0.15, 0.2) is 140 Å². The number of aromatic nitrogens is 5. The summed E-state index contributed by atoms with van der Waals surface area (Å²) in [5.74, 6) is 2.35. The molecule has 0 atom stereocenters. The van der Waals surface area contributed by atoms with E-state index in [1.165, 1.54) is 5.39 Å². The maximum Gasteiger partial charge on any atom is 0.137 e. The second kappa shape index (κ2) is 9.47. The van der Waals surface area contributed by atoms with Gasteiger partial charge in [-0.2, -0.15) is 5.10 Å². The number of pyridine rings is 2. The Labute approximate surface area is 235 Å². The van der Waals surface area contributed by atoms with Gasteiger partial charge < -0.3 is 4.74 Å². The SMILES string of the molecule is c1ccc(-n2c3ccccc3c3ccc(Oc4cccc(-n5cc(-c6ccc7cccnc7c6)cn5)c4)cc32)nc1. The highest BCUT2D eigenvalue weighted by atomic mass is 16.5. The van der Waals surface area contributed by atoms with Gasteiger partial charge in [-0.05, 0) is 60.2 Å². The maximum absolute atomic E-state index is 6.39. The van der Waals surface area contributed by atoms with Gasteiger partial charge in [-0.15, -0.1) is 0 Å². The number of ether oxygens (including phenoxy) is 1. The molecule has 0 N–H and O–H groups in total. The normalized spacial score (nSPS) is 11.4. The Morgan fingerprint density at radius 3 is 2.41 bits per heavy atom. The molecule has 0 aliphatic heterocycles. The number of rotatable bonds is 5. The van der Waals surface area contributed by atoms with Crippen molar-refractivity contribution in [2.75, 3.05) is 0 Å². The van der Waals surface area contributed by atoms with Crippen molar-refractivity contribution < 1.29 is 4.74 Å². The number of fused-ring (bicyclic) bond motifs is 4. The first-order chi connectivity index (χ1) is 20.3. The molecule has 6 heteroatoms. The summed E-state index contributed by atoms with van der Waals surface area (Å²) in [6.07, 6.45) is 7.54. The molecular weight excluding hydrogens is 506 g/mol. The first-order valence-electron chi connectivity index (χ1n) is 13.4. The van der Waals surface area contributed by atoms with Crippen molar-refractivity contribution in [1.82, 2.24) is 24.3 Å². The number of nitrogens with zero attached hydrogens (tertiary/aromatic N) is 5. The van der Waals surface area contributed by atoms with E-state index in [1.807, 2.05) is 84.1 Å². The Balaban J connectivity index is 1.13. The maximum atomic E-state index is 6.39. The lowest BCUT2D eigenvalue weighted by Gasteiger charge is -2.10. The molecule has 4 aromatic heterocycles. The molecule has 0 radical (unpaired) electrons. The second-order valence-electron chi connectivity index (χ2n) is 9.90. The van der Waals surface area contributed by atoms with E-state index in [0.29, 0.717) is 0 Å². The van der Waals surface area contributed by atoms with Crippen LogP contribution in [0.4, 0.5) is 0 Å². The van der Waals surface area contributed by atoms with Crippen LogP contribution in [0.2, 0.25) is 0 Å². The summed E-state index contributed by atoms with van der Waals surface area (Å²) in [7, 11) is 0. The summed E-state index contributed by atoms with van der Waals surface area (Å²) in [5, 5.41) is 8.08. The molecule has 0 saturated carbocycles. The monoisotopic (exact) mass is 529 g/mol. The molecule has 0 fully saturated rings. The van der Waals surface area contributed by atoms with E-state index in [-0.39, 0.29) is 0 Å². The first kappa shape index (κ1) is 23.2. The Bertz CT molecular complexity index is 2200. The molecule has 6 nitrogen and oxygen atoms in total. The zero-order chi connectivity index (χ0) is 27.2. The summed E-state index contributed by atoms with van der Waals surface area (Å²) in [6.45, 7) is 0. The van der Waals surface area contributed by atoms with Crippen molar-refractivity contribution in [3.8, 4) is 34.1 Å². The molecule has 41 heavy (non-hydrogen) atoms. The fourth-order valence-electron chi connectivity index (χ4n) is 5.43. The minimum absolute atomic E-state index is 0.731. The lowest BCUT2D eigenvalue weighted by Crippen LogP contribution is -1.96. The van der Waals surface area contributed by atoms with Gasteiger partial charge in [-0.1, -0.05) is 48.5 Å². The van der Waals surface area contributed by atoms with E-state index >= 15 is 0 Å². The van der Waals surface area contributed by atoms with E-state index in [0.717, 1.165) is 61.5 Å². The third-order valence-electron chi connectivity index (χ3n) is 7.36. The van der Waals surface area contributed by atoms with Gasteiger partial charge in [-0.25, -0.2) is 9.67 Å². The highest BCUT2D eigenvalue weighted by Crippen LogP contribution is 2.35. The minimum Gasteiger partial charge on any atom is -0.457 e. The van der Waals surface area contributed by atoms with Crippen LogP contribution >= 0.6 is 0 Å². The fraction of sp³-hybridized carbons (Fsp3) is 0. The van der Waals surface area contributed by atoms with Gasteiger partial charge in [0.15, 0.2) is 0 Å². The Hall–Kier alpha value is -5.75. The number of para-hydroxylation sites is 1. The Kier molecular flexibility index (Phi) is 5.35. The van der Waals surface area contributed by atoms with Gasteiger partial charge >= 0.3 is 0 Å². The number of hydrogen-bond acceptors (Lipinski definition) is 4. The molecule has 8 rings (SSSR count). The molecule has 0 unspecified atom stereocenters. The molecule has 0 spiro atoms. The van der Waals surface area contributed by atoms with Crippen LogP contribution in [0.5, 0.6) is 11.5 Å². The van der Waals surface area contributed by atoms with E-state index in [9.17, 15) is 0 Å². The van der Waals surface area contributed by atoms with Crippen LogP contribution in [-0.2, 0) is 0 Å². The number of hydrogen-bond donors (Lipinski definition) is 0. The predicted molar refractivity (Wildman–Crippen MR) is 163 cm³/mol. The third-order valence-corrected chi connectivity index (χ3v) is 7.36. The standard InChI is InChI=1S/C35H23N5O/c1-2-11-33-30(10-1)31-16-15-29(21-34(31)40(33)35-12-3-4-17-37-35)41-28-9-5-8-27(20-28)39-23-26(22-38-39)25-14-13-24-7-6-18-36-32(24)19-25/h1-23H. The summed E-state index contributed by atoms with van der Waals surface area (Å²) in [4.78, 5) is 9.12. The first-order valence-corrected chi connectivity index (χ1v) is 13.4. The predicted octanol–water partition coefficient (Wildman–Crippen LogP) is 8.37. The van der Waals surface area contributed by atoms with E-state index in [4.69, 9.17) is 4.74 Å². The Morgan fingerprint density at radius 1 is 0.585 bits per heavy atom. The zero-order valence-electron chi connectivity index (χ0n) is 21.9. The quantitative estimate of drug-likeness (QED) is 0.225. The van der Waals surface area contributed by atoms with Crippen molar-refractivity contribution in [2.24, 2.45) is 0 Å². The van der Waals surface area contributed by atoms with Crippen molar-refractivity contribution in [2.45, 2.75) is 0 Å². The minimum atomic E-state index is 0.731. The van der Waals surface area contributed by atoms with Gasteiger partial charge in [0.25, 0.3) is 0 Å². The summed E-state index contributed by atoms with van der Waals surface area (Å²) >= 11 is 0. The van der Waals surface area contributed by atoms with Gasteiger partial charge in [0, 0.05) is 52.4 Å². The summed E-state index contributed by atoms with van der Waals surface area (Å²) in [5.41, 5.74) is 6.13. The molecule has 0 saturated heterocycles. The fourth-order valence-corrected chi connectivity index (χ4v) is 5.43. The average molecular weight is 530 g/mol. The van der Waals surface area contributed by atoms with Crippen LogP contribution in [0.3, 0.4) is 0 Å². The molecule has 194 valence electrons. The molecule has 0 aliphatic carbocycles. The van der Waals surface area contributed by atoms with E-state index in [2.05, 4.69) is 80.3 Å². The molecule has 4 heterocycles. The zero-order valence-corrected chi connectivity index (χ0v) is 21.9.